The lowest BCUT2D eigenvalue weighted by atomic mass is 9.72. The molecule has 0 unspecified atom stereocenters. The number of ether oxygens (including phenoxy) is 1. The molecule has 2 aromatic rings. The van der Waals surface area contributed by atoms with Crippen molar-refractivity contribution >= 4 is 5.91 Å². The number of carbonyl (C=O) groups excluding carboxylic acids is 1. The number of carbonyl (C=O) groups is 1. The fraction of sp³-hybridized carbons (Fsp3) is 0.524. The first-order valence-electron chi connectivity index (χ1n) is 9.68. The molecule has 2 aliphatic rings. The highest BCUT2D eigenvalue weighted by Gasteiger charge is 2.44. The van der Waals surface area contributed by atoms with E-state index in [9.17, 15) is 4.79 Å². The lowest BCUT2D eigenvalue weighted by molar-refractivity contribution is -0.142. The molecule has 5 nitrogen and oxygen atoms in total. The van der Waals surface area contributed by atoms with E-state index in [0.717, 1.165) is 50.9 Å². The number of benzene rings is 1. The Bertz CT molecular complexity index is 700. The van der Waals surface area contributed by atoms with Crippen LogP contribution in [0.3, 0.4) is 0 Å². The number of hydrogen-bond acceptors (Lipinski definition) is 3. The third-order valence-corrected chi connectivity index (χ3v) is 5.99. The minimum absolute atomic E-state index is 0.296. The standard InChI is InChI=1S/C21H27N3O2/c25-20(21(9-15-26-16-10-21)19-5-2-1-3-6-19)23-13-7-18(8-14-23)17-24-12-4-11-22-24/h1-6,11-12,18H,7-10,13-17H2. The Labute approximate surface area is 154 Å². The summed E-state index contributed by atoms with van der Waals surface area (Å²) in [5, 5.41) is 4.31. The molecule has 0 aliphatic carbocycles. The molecule has 2 aliphatic heterocycles. The van der Waals surface area contributed by atoms with Crippen molar-refractivity contribution in [2.24, 2.45) is 5.92 Å². The summed E-state index contributed by atoms with van der Waals surface area (Å²) in [6.45, 7) is 3.97. The largest absolute Gasteiger partial charge is 0.381 e. The van der Waals surface area contributed by atoms with E-state index in [4.69, 9.17) is 4.74 Å². The van der Waals surface area contributed by atoms with Crippen LogP contribution in [0.4, 0.5) is 0 Å². The molecule has 3 heterocycles. The lowest BCUT2D eigenvalue weighted by Gasteiger charge is -2.42. The van der Waals surface area contributed by atoms with Gasteiger partial charge < -0.3 is 9.64 Å². The molecule has 2 fully saturated rings. The molecule has 5 heteroatoms. The van der Waals surface area contributed by atoms with Crippen LogP contribution in [-0.2, 0) is 21.5 Å². The normalized spacial score (nSPS) is 20.8. The van der Waals surface area contributed by atoms with Crippen LogP contribution >= 0.6 is 0 Å². The molecule has 26 heavy (non-hydrogen) atoms. The van der Waals surface area contributed by atoms with Crippen molar-refractivity contribution < 1.29 is 9.53 Å². The smallest absolute Gasteiger partial charge is 0.233 e. The summed E-state index contributed by atoms with van der Waals surface area (Å²) in [6, 6.07) is 12.3. The van der Waals surface area contributed by atoms with Gasteiger partial charge in [-0.1, -0.05) is 30.3 Å². The second kappa shape index (κ2) is 7.62. The van der Waals surface area contributed by atoms with Gasteiger partial charge in [0.25, 0.3) is 0 Å². The van der Waals surface area contributed by atoms with Gasteiger partial charge in [-0.15, -0.1) is 0 Å². The molecule has 4 rings (SSSR count). The quantitative estimate of drug-likeness (QED) is 0.849. The molecule has 1 aromatic carbocycles. The molecule has 2 saturated heterocycles. The highest BCUT2D eigenvalue weighted by atomic mass is 16.5. The van der Waals surface area contributed by atoms with Crippen molar-refractivity contribution in [3.05, 3.63) is 54.4 Å². The molecule has 0 saturated carbocycles. The first kappa shape index (κ1) is 17.3. The first-order valence-corrected chi connectivity index (χ1v) is 9.68. The van der Waals surface area contributed by atoms with Crippen LogP contribution in [0, 0.1) is 5.92 Å². The molecule has 0 bridgehead atoms. The third kappa shape index (κ3) is 3.40. The van der Waals surface area contributed by atoms with Gasteiger partial charge in [0, 0.05) is 45.2 Å². The Hall–Kier alpha value is -2.14. The maximum absolute atomic E-state index is 13.6. The van der Waals surface area contributed by atoms with Gasteiger partial charge in [0.15, 0.2) is 0 Å². The Morgan fingerprint density at radius 2 is 1.85 bits per heavy atom. The lowest BCUT2D eigenvalue weighted by Crippen LogP contribution is -2.52. The zero-order chi connectivity index (χ0) is 17.8. The molecule has 0 spiro atoms. The van der Waals surface area contributed by atoms with Crippen LogP contribution in [0.1, 0.15) is 31.2 Å². The zero-order valence-electron chi connectivity index (χ0n) is 15.2. The van der Waals surface area contributed by atoms with Crippen LogP contribution in [-0.4, -0.2) is 46.9 Å². The minimum atomic E-state index is -0.408. The van der Waals surface area contributed by atoms with E-state index >= 15 is 0 Å². The zero-order valence-corrected chi connectivity index (χ0v) is 15.2. The van der Waals surface area contributed by atoms with Crippen LogP contribution in [0.25, 0.3) is 0 Å². The molecular formula is C21H27N3O2. The van der Waals surface area contributed by atoms with Gasteiger partial charge in [-0.05, 0) is 43.2 Å². The van der Waals surface area contributed by atoms with Gasteiger partial charge in [-0.25, -0.2) is 0 Å². The van der Waals surface area contributed by atoms with E-state index in [1.54, 1.807) is 0 Å². The predicted octanol–water partition coefficient (Wildman–Crippen LogP) is 2.87. The molecule has 138 valence electrons. The SMILES string of the molecule is O=C(N1CCC(Cn2cccn2)CC1)C1(c2ccccc2)CCOCC1. The van der Waals surface area contributed by atoms with E-state index < -0.39 is 5.41 Å². The van der Waals surface area contributed by atoms with Gasteiger partial charge in [0.1, 0.15) is 0 Å². The summed E-state index contributed by atoms with van der Waals surface area (Å²) >= 11 is 0. The van der Waals surface area contributed by atoms with Crippen molar-refractivity contribution in [2.45, 2.75) is 37.6 Å². The third-order valence-electron chi connectivity index (χ3n) is 5.99. The van der Waals surface area contributed by atoms with E-state index in [1.165, 1.54) is 0 Å². The van der Waals surface area contributed by atoms with Crippen LogP contribution in [0.15, 0.2) is 48.8 Å². The monoisotopic (exact) mass is 353 g/mol. The maximum atomic E-state index is 13.6. The Balaban J connectivity index is 1.45. The molecule has 0 N–H and O–H groups in total. The Morgan fingerprint density at radius 3 is 2.50 bits per heavy atom. The van der Waals surface area contributed by atoms with Crippen LogP contribution in [0.2, 0.25) is 0 Å². The molecule has 0 atom stereocenters. The van der Waals surface area contributed by atoms with Gasteiger partial charge in [0.2, 0.25) is 5.91 Å². The van der Waals surface area contributed by atoms with Crippen molar-refractivity contribution in [3.8, 4) is 0 Å². The summed E-state index contributed by atoms with van der Waals surface area (Å²) in [6.07, 6.45) is 7.50. The summed E-state index contributed by atoms with van der Waals surface area (Å²) in [7, 11) is 0. The van der Waals surface area contributed by atoms with E-state index in [1.807, 2.05) is 41.3 Å². The van der Waals surface area contributed by atoms with Crippen molar-refractivity contribution in [3.63, 3.8) is 0 Å². The van der Waals surface area contributed by atoms with Crippen molar-refractivity contribution in [1.29, 1.82) is 0 Å². The van der Waals surface area contributed by atoms with Crippen molar-refractivity contribution in [1.82, 2.24) is 14.7 Å². The van der Waals surface area contributed by atoms with Gasteiger partial charge in [0.05, 0.1) is 5.41 Å². The van der Waals surface area contributed by atoms with Gasteiger partial charge in [-0.2, -0.15) is 5.10 Å². The molecule has 1 amide bonds. The number of rotatable bonds is 4. The Kier molecular flexibility index (Phi) is 5.07. The van der Waals surface area contributed by atoms with Crippen LogP contribution in [0.5, 0.6) is 0 Å². The summed E-state index contributed by atoms with van der Waals surface area (Å²) < 4.78 is 7.59. The van der Waals surface area contributed by atoms with E-state index in [-0.39, 0.29) is 0 Å². The van der Waals surface area contributed by atoms with Gasteiger partial charge >= 0.3 is 0 Å². The summed E-state index contributed by atoms with van der Waals surface area (Å²) in [5.41, 5.74) is 0.737. The number of hydrogen-bond donors (Lipinski definition) is 0. The number of amides is 1. The van der Waals surface area contributed by atoms with E-state index in [2.05, 4.69) is 22.1 Å². The molecule has 0 radical (unpaired) electrons. The summed E-state index contributed by atoms with van der Waals surface area (Å²) in [5.74, 6) is 0.894. The highest BCUT2D eigenvalue weighted by Crippen LogP contribution is 2.37. The first-order chi connectivity index (χ1) is 12.8. The maximum Gasteiger partial charge on any atom is 0.233 e. The molecular weight excluding hydrogens is 326 g/mol. The average molecular weight is 353 g/mol. The molecule has 1 aromatic heterocycles. The fourth-order valence-corrected chi connectivity index (χ4v) is 4.40. The number of aromatic nitrogens is 2. The Morgan fingerprint density at radius 1 is 1.12 bits per heavy atom. The number of likely N-dealkylation sites (tertiary alicyclic amines) is 1. The summed E-state index contributed by atoms with van der Waals surface area (Å²) in [4.78, 5) is 15.6. The van der Waals surface area contributed by atoms with Crippen molar-refractivity contribution in [2.75, 3.05) is 26.3 Å². The average Bonchev–Trinajstić information content (AvgIpc) is 3.22. The predicted molar refractivity (Wildman–Crippen MR) is 99.7 cm³/mol. The fourth-order valence-electron chi connectivity index (χ4n) is 4.40. The van der Waals surface area contributed by atoms with Gasteiger partial charge in [-0.3, -0.25) is 9.48 Å². The second-order valence-electron chi connectivity index (χ2n) is 7.52. The topological polar surface area (TPSA) is 47.4 Å². The highest BCUT2D eigenvalue weighted by molar-refractivity contribution is 5.88. The number of piperidine rings is 1. The minimum Gasteiger partial charge on any atom is -0.381 e. The number of nitrogens with zero attached hydrogens (tertiary/aromatic N) is 3. The second-order valence-corrected chi connectivity index (χ2v) is 7.52. The van der Waals surface area contributed by atoms with E-state index in [0.29, 0.717) is 25.0 Å². The van der Waals surface area contributed by atoms with Crippen LogP contribution < -0.4 is 0 Å².